The Morgan fingerprint density at radius 3 is 1.71 bits per heavy atom. The Labute approximate surface area is 70.9 Å². The number of carboxylic acids is 1. The van der Waals surface area contributed by atoms with Crippen LogP contribution in [0.5, 0.6) is 0 Å². The van der Waals surface area contributed by atoms with Crippen LogP contribution in [-0.2, 0) is 4.79 Å². The molecule has 0 amide bonds. The van der Waals surface area contributed by atoms with Crippen molar-refractivity contribution in [3.63, 3.8) is 0 Å². The van der Waals surface area contributed by atoms with Gasteiger partial charge in [0.2, 0.25) is 4.84 Å². The van der Waals surface area contributed by atoms with Crippen LogP contribution in [0.1, 0.15) is 0 Å². The van der Waals surface area contributed by atoms with E-state index in [0.29, 0.717) is 0 Å². The van der Waals surface area contributed by atoms with Crippen molar-refractivity contribution in [3.8, 4) is 0 Å². The van der Waals surface area contributed by atoms with Gasteiger partial charge in [-0.05, 0) is 0 Å². The van der Waals surface area contributed by atoms with Gasteiger partial charge in [0, 0.05) is 0 Å². The second-order valence-electron chi connectivity index (χ2n) is 0.639. The van der Waals surface area contributed by atoms with Gasteiger partial charge in [0.15, 0.2) is 0 Å². The Hall–Kier alpha value is 0.972. The number of halogens is 2. The van der Waals surface area contributed by atoms with Gasteiger partial charge in [-0.25, -0.2) is 4.79 Å². The van der Waals surface area contributed by atoms with E-state index in [2.05, 4.69) is 0 Å². The van der Waals surface area contributed by atoms with Crippen molar-refractivity contribution in [2.75, 3.05) is 0 Å². The van der Waals surface area contributed by atoms with Crippen LogP contribution in [0.4, 0.5) is 0 Å². The van der Waals surface area contributed by atoms with Crippen LogP contribution in [0.25, 0.3) is 0 Å². The summed E-state index contributed by atoms with van der Waals surface area (Å²) >= 11 is 9.56. The van der Waals surface area contributed by atoms with Crippen molar-refractivity contribution in [1.29, 1.82) is 0 Å². The minimum atomic E-state index is -1.29. The standard InChI is InChI=1S/C2H2Cl2O2.Pb.4H/c3-1(4)2(5)6;;;;;/h1H,(H,5,6);;;;;. The van der Waals surface area contributed by atoms with Crippen LogP contribution in [0.3, 0.4) is 0 Å². The van der Waals surface area contributed by atoms with Gasteiger partial charge in [0.25, 0.3) is 0 Å². The molecule has 0 atom stereocenters. The fourth-order valence-electron chi connectivity index (χ4n) is 0. The van der Waals surface area contributed by atoms with E-state index in [1.165, 1.54) is 0 Å². The topological polar surface area (TPSA) is 37.3 Å². The van der Waals surface area contributed by atoms with Crippen molar-refractivity contribution in [2.24, 2.45) is 0 Å². The van der Waals surface area contributed by atoms with Crippen molar-refractivity contribution in [2.45, 2.75) is 4.84 Å². The second kappa shape index (κ2) is 5.12. The zero-order valence-corrected chi connectivity index (χ0v) is 4.20. The summed E-state index contributed by atoms with van der Waals surface area (Å²) in [6.45, 7) is 0. The molecule has 0 fully saturated rings. The predicted molar refractivity (Wildman–Crippen MR) is 34.5 cm³/mol. The number of aliphatic carboxylic acids is 1. The van der Waals surface area contributed by atoms with Crippen LogP contribution in [0.15, 0.2) is 0 Å². The van der Waals surface area contributed by atoms with Crippen molar-refractivity contribution < 1.29 is 9.90 Å². The molecule has 0 saturated carbocycles. The normalized spacial score (nSPS) is 7.86. The van der Waals surface area contributed by atoms with Crippen LogP contribution < -0.4 is 0 Å². The molecule has 0 bridgehead atoms. The zero-order valence-electron chi connectivity index (χ0n) is 2.69. The fourth-order valence-corrected chi connectivity index (χ4v) is 0. The number of rotatable bonds is 1. The first kappa shape index (κ1) is 10.9. The molecule has 1 N–H and O–H groups in total. The Morgan fingerprint density at radius 1 is 1.57 bits per heavy atom. The molecule has 0 aliphatic carbocycles. The minimum absolute atomic E-state index is 0. The van der Waals surface area contributed by atoms with Crippen molar-refractivity contribution in [3.05, 3.63) is 0 Å². The first-order valence-corrected chi connectivity index (χ1v) is 2.03. The summed E-state index contributed by atoms with van der Waals surface area (Å²) in [5.41, 5.74) is 0. The molecular formula is C2H6Cl2O2Pb. The third kappa shape index (κ3) is 6.97. The van der Waals surface area contributed by atoms with Gasteiger partial charge in [-0.2, -0.15) is 0 Å². The average molecular weight is 340 g/mol. The maximum absolute atomic E-state index is 9.44. The van der Waals surface area contributed by atoms with E-state index in [-0.39, 0.29) is 27.3 Å². The summed E-state index contributed by atoms with van der Waals surface area (Å²) in [6, 6.07) is 0. The number of hydrogen-bond acceptors (Lipinski definition) is 1. The summed E-state index contributed by atoms with van der Waals surface area (Å²) in [6.07, 6.45) is 0. The number of carboxylic acid groups (broad SMARTS) is 1. The SMILES string of the molecule is O=C(O)C(Cl)Cl.[PbH4]. The zero-order chi connectivity index (χ0) is 5.15. The number of hydrogen-bond donors (Lipinski definition) is 1. The molecule has 7 heavy (non-hydrogen) atoms. The molecule has 44 valence electrons. The van der Waals surface area contributed by atoms with Gasteiger partial charge in [0.05, 0.1) is 0 Å². The summed E-state index contributed by atoms with van der Waals surface area (Å²) in [5.74, 6) is -1.21. The monoisotopic (exact) mass is 340 g/mol. The average Bonchev–Trinajstić information content (AvgIpc) is 1.36. The molecule has 0 aliphatic rings. The summed E-state index contributed by atoms with van der Waals surface area (Å²) in [4.78, 5) is 8.15. The molecule has 0 spiro atoms. The Morgan fingerprint density at radius 2 is 1.71 bits per heavy atom. The van der Waals surface area contributed by atoms with Gasteiger partial charge in [-0.3, -0.25) is 0 Å². The van der Waals surface area contributed by atoms with Crippen molar-refractivity contribution >= 4 is 56.5 Å². The van der Waals surface area contributed by atoms with E-state index in [0.717, 1.165) is 0 Å². The van der Waals surface area contributed by atoms with Crippen molar-refractivity contribution in [1.82, 2.24) is 0 Å². The molecule has 0 aromatic rings. The molecule has 0 aromatic heterocycles. The molecule has 0 aliphatic heterocycles. The van der Waals surface area contributed by atoms with E-state index in [4.69, 9.17) is 28.3 Å². The summed E-state index contributed by atoms with van der Waals surface area (Å²) in [5, 5.41) is 7.73. The summed E-state index contributed by atoms with van der Waals surface area (Å²) in [7, 11) is 0. The molecule has 0 rings (SSSR count). The van der Waals surface area contributed by atoms with Crippen LogP contribution in [0.2, 0.25) is 0 Å². The molecular weight excluding hydrogens is 334 g/mol. The van der Waals surface area contributed by atoms with E-state index in [1.54, 1.807) is 0 Å². The molecule has 0 heterocycles. The summed E-state index contributed by atoms with van der Waals surface area (Å²) < 4.78 is 0. The Kier molecular flexibility index (Phi) is 7.94. The van der Waals surface area contributed by atoms with E-state index < -0.39 is 10.8 Å². The second-order valence-corrected chi connectivity index (χ2v) is 1.74. The molecule has 0 aromatic carbocycles. The Bertz CT molecular complexity index is 64.7. The molecule has 0 unspecified atom stereocenters. The van der Waals surface area contributed by atoms with Gasteiger partial charge in [-0.1, -0.05) is 23.2 Å². The van der Waals surface area contributed by atoms with Gasteiger partial charge < -0.3 is 5.11 Å². The first-order valence-electron chi connectivity index (χ1n) is 1.15. The molecule has 0 radical (unpaired) electrons. The quantitative estimate of drug-likeness (QED) is 0.513. The molecule has 0 saturated heterocycles. The van der Waals surface area contributed by atoms with Gasteiger partial charge in [-0.15, -0.1) is 0 Å². The predicted octanol–water partition coefficient (Wildman–Crippen LogP) is -0.577. The van der Waals surface area contributed by atoms with Gasteiger partial charge >= 0.3 is 33.3 Å². The maximum atomic E-state index is 9.44. The van der Waals surface area contributed by atoms with E-state index in [9.17, 15) is 4.79 Å². The number of carbonyl (C=O) groups is 1. The van der Waals surface area contributed by atoms with E-state index in [1.807, 2.05) is 0 Å². The third-order valence-electron chi connectivity index (χ3n) is 0.187. The Balaban J connectivity index is 0. The first-order chi connectivity index (χ1) is 2.64. The van der Waals surface area contributed by atoms with Crippen LogP contribution in [-0.4, -0.2) is 43.2 Å². The van der Waals surface area contributed by atoms with Crippen LogP contribution in [0, 0.1) is 0 Å². The number of alkyl halides is 2. The fraction of sp³-hybridized carbons (Fsp3) is 0.500. The van der Waals surface area contributed by atoms with Crippen LogP contribution >= 0.6 is 23.2 Å². The third-order valence-corrected chi connectivity index (χ3v) is 0.560. The molecule has 2 nitrogen and oxygen atoms in total. The van der Waals surface area contributed by atoms with E-state index >= 15 is 0 Å². The van der Waals surface area contributed by atoms with Gasteiger partial charge in [0.1, 0.15) is 0 Å². The molecule has 5 heteroatoms.